The van der Waals surface area contributed by atoms with Gasteiger partial charge < -0.3 is 24.4 Å². The van der Waals surface area contributed by atoms with Crippen molar-refractivity contribution >= 4 is 11.8 Å². The minimum atomic E-state index is -0.963. The van der Waals surface area contributed by atoms with E-state index in [0.717, 1.165) is 4.90 Å². The molecule has 20 heavy (non-hydrogen) atoms. The van der Waals surface area contributed by atoms with Crippen LogP contribution in [0.1, 0.15) is 6.92 Å². The Labute approximate surface area is 121 Å². The second-order valence-electron chi connectivity index (χ2n) is 4.96. The van der Waals surface area contributed by atoms with Crippen LogP contribution in [0.3, 0.4) is 0 Å². The van der Waals surface area contributed by atoms with Crippen molar-refractivity contribution < 1.29 is 24.4 Å². The molecule has 6 heteroatoms. The molecule has 2 fully saturated rings. The van der Waals surface area contributed by atoms with E-state index in [2.05, 4.69) is 0 Å². The van der Waals surface area contributed by atoms with Crippen LogP contribution in [0.2, 0.25) is 0 Å². The van der Waals surface area contributed by atoms with Crippen LogP contribution in [0.5, 0.6) is 0 Å². The average Bonchev–Trinajstić information content (AvgIpc) is 2.99. The fraction of sp³-hybridized carbons (Fsp3) is 0.571. The highest BCUT2D eigenvalue weighted by Gasteiger charge is 2.48. The van der Waals surface area contributed by atoms with Crippen LogP contribution < -0.4 is 0 Å². The first-order valence-corrected chi connectivity index (χ1v) is 7.53. The lowest BCUT2D eigenvalue weighted by atomic mass is 10.1. The zero-order valence-electron chi connectivity index (χ0n) is 11.1. The molecule has 0 amide bonds. The highest BCUT2D eigenvalue weighted by Crippen LogP contribution is 2.36. The minimum Gasteiger partial charge on any atom is -0.387 e. The standard InChI is InChI=1S/C14H18O5S/c1-8-17-7-10(18-8)13-11(15)12(16)14(19-13)20-9-5-3-2-4-6-9/h2-6,8,10-16H,7H2,1H3/t8?,10-,11?,12?,13-,14-/m0/s1. The largest absolute Gasteiger partial charge is 0.387 e. The Morgan fingerprint density at radius 3 is 2.50 bits per heavy atom. The van der Waals surface area contributed by atoms with E-state index >= 15 is 0 Å². The highest BCUT2D eigenvalue weighted by atomic mass is 32.2. The highest BCUT2D eigenvalue weighted by molar-refractivity contribution is 7.99. The van der Waals surface area contributed by atoms with E-state index in [4.69, 9.17) is 14.2 Å². The molecule has 2 N–H and O–H groups in total. The van der Waals surface area contributed by atoms with Gasteiger partial charge in [-0.05, 0) is 19.1 Å². The molecule has 0 saturated carbocycles. The summed E-state index contributed by atoms with van der Waals surface area (Å²) in [4.78, 5) is 0.987. The summed E-state index contributed by atoms with van der Waals surface area (Å²) in [5.74, 6) is 0. The van der Waals surface area contributed by atoms with Crippen LogP contribution in [0, 0.1) is 0 Å². The van der Waals surface area contributed by atoms with E-state index in [9.17, 15) is 10.2 Å². The number of thioether (sulfide) groups is 1. The van der Waals surface area contributed by atoms with Crippen molar-refractivity contribution in [2.24, 2.45) is 0 Å². The predicted molar refractivity (Wildman–Crippen MR) is 73.3 cm³/mol. The van der Waals surface area contributed by atoms with Gasteiger partial charge in [-0.3, -0.25) is 0 Å². The van der Waals surface area contributed by atoms with Crippen LogP contribution in [-0.2, 0) is 14.2 Å². The monoisotopic (exact) mass is 298 g/mol. The number of hydrogen-bond acceptors (Lipinski definition) is 6. The van der Waals surface area contributed by atoms with E-state index in [1.54, 1.807) is 6.92 Å². The van der Waals surface area contributed by atoms with Gasteiger partial charge in [0.2, 0.25) is 0 Å². The van der Waals surface area contributed by atoms with E-state index < -0.39 is 23.7 Å². The Balaban J connectivity index is 1.66. The first-order chi connectivity index (χ1) is 9.65. The number of ether oxygens (including phenoxy) is 3. The molecule has 2 heterocycles. The van der Waals surface area contributed by atoms with Crippen molar-refractivity contribution in [2.45, 2.75) is 48.0 Å². The second-order valence-corrected chi connectivity index (χ2v) is 6.13. The van der Waals surface area contributed by atoms with Crippen molar-refractivity contribution in [2.75, 3.05) is 6.61 Å². The number of benzene rings is 1. The van der Waals surface area contributed by atoms with Gasteiger partial charge >= 0.3 is 0 Å². The summed E-state index contributed by atoms with van der Waals surface area (Å²) in [6.45, 7) is 2.17. The Morgan fingerprint density at radius 1 is 1.10 bits per heavy atom. The molecule has 0 spiro atoms. The molecule has 110 valence electrons. The lowest BCUT2D eigenvalue weighted by Gasteiger charge is -2.19. The van der Waals surface area contributed by atoms with Crippen molar-refractivity contribution in [1.29, 1.82) is 0 Å². The van der Waals surface area contributed by atoms with Gasteiger partial charge in [-0.25, -0.2) is 0 Å². The third-order valence-electron chi connectivity index (χ3n) is 3.48. The molecule has 6 atom stereocenters. The van der Waals surface area contributed by atoms with E-state index in [0.29, 0.717) is 6.61 Å². The maximum absolute atomic E-state index is 10.1. The number of aliphatic hydroxyl groups excluding tert-OH is 2. The van der Waals surface area contributed by atoms with Gasteiger partial charge in [-0.2, -0.15) is 0 Å². The SMILES string of the molecule is CC1OC[C@@H]([C@@H]2O[C@@H](Sc3ccccc3)C(O)C2O)O1. The molecule has 3 rings (SSSR count). The third kappa shape index (κ3) is 2.86. The molecule has 0 bridgehead atoms. The van der Waals surface area contributed by atoms with E-state index in [1.165, 1.54) is 11.8 Å². The molecule has 2 aliphatic rings. The summed E-state index contributed by atoms with van der Waals surface area (Å²) in [5, 5.41) is 20.3. The van der Waals surface area contributed by atoms with Crippen LogP contribution in [-0.4, -0.2) is 53.0 Å². The number of aliphatic hydroxyl groups is 2. The summed E-state index contributed by atoms with van der Waals surface area (Å²) in [6.07, 6.45) is -3.10. The maximum Gasteiger partial charge on any atom is 0.155 e. The lowest BCUT2D eigenvalue weighted by Crippen LogP contribution is -2.40. The molecule has 0 radical (unpaired) electrons. The fourth-order valence-corrected chi connectivity index (χ4v) is 3.50. The van der Waals surface area contributed by atoms with Crippen molar-refractivity contribution in [3.05, 3.63) is 30.3 Å². The molecule has 5 nitrogen and oxygen atoms in total. The van der Waals surface area contributed by atoms with Crippen molar-refractivity contribution in [3.63, 3.8) is 0 Å². The van der Waals surface area contributed by atoms with Crippen LogP contribution in [0.25, 0.3) is 0 Å². The van der Waals surface area contributed by atoms with Crippen LogP contribution in [0.4, 0.5) is 0 Å². The number of hydrogen-bond donors (Lipinski definition) is 2. The summed E-state index contributed by atoms with van der Waals surface area (Å²) in [6, 6.07) is 9.66. The Morgan fingerprint density at radius 2 is 1.85 bits per heavy atom. The summed E-state index contributed by atoms with van der Waals surface area (Å²) in [7, 11) is 0. The van der Waals surface area contributed by atoms with Gasteiger partial charge in [0, 0.05) is 4.90 Å². The van der Waals surface area contributed by atoms with Crippen LogP contribution in [0.15, 0.2) is 35.2 Å². The zero-order chi connectivity index (χ0) is 14.1. The summed E-state index contributed by atoms with van der Waals surface area (Å²) in [5.41, 5.74) is -0.503. The minimum absolute atomic E-state index is 0.297. The van der Waals surface area contributed by atoms with E-state index in [-0.39, 0.29) is 12.4 Å². The summed E-state index contributed by atoms with van der Waals surface area (Å²) < 4.78 is 16.6. The first-order valence-electron chi connectivity index (χ1n) is 6.65. The molecule has 0 aromatic heterocycles. The predicted octanol–water partition coefficient (Wildman–Crippen LogP) is 0.987. The Bertz CT molecular complexity index is 442. The lowest BCUT2D eigenvalue weighted by molar-refractivity contribution is -0.0934. The number of rotatable bonds is 3. The smallest absolute Gasteiger partial charge is 0.155 e. The molecule has 1 aromatic carbocycles. The molecule has 2 saturated heterocycles. The van der Waals surface area contributed by atoms with Crippen molar-refractivity contribution in [1.82, 2.24) is 0 Å². The van der Waals surface area contributed by atoms with Gasteiger partial charge in [0.15, 0.2) is 6.29 Å². The fourth-order valence-electron chi connectivity index (χ4n) is 2.44. The summed E-state index contributed by atoms with van der Waals surface area (Å²) >= 11 is 1.40. The average molecular weight is 298 g/mol. The molecular weight excluding hydrogens is 280 g/mol. The topological polar surface area (TPSA) is 68.2 Å². The molecule has 1 aromatic rings. The van der Waals surface area contributed by atoms with Crippen molar-refractivity contribution in [3.8, 4) is 0 Å². The molecular formula is C14H18O5S. The first kappa shape index (κ1) is 14.3. The molecule has 3 unspecified atom stereocenters. The Hall–Kier alpha value is -0.630. The molecule has 0 aliphatic carbocycles. The maximum atomic E-state index is 10.1. The van der Waals surface area contributed by atoms with Gasteiger partial charge in [0.1, 0.15) is 29.9 Å². The second kappa shape index (κ2) is 6.01. The van der Waals surface area contributed by atoms with E-state index in [1.807, 2.05) is 30.3 Å². The Kier molecular flexibility index (Phi) is 4.30. The van der Waals surface area contributed by atoms with Crippen LogP contribution >= 0.6 is 11.8 Å². The van der Waals surface area contributed by atoms with Gasteiger partial charge in [0.25, 0.3) is 0 Å². The molecule has 2 aliphatic heterocycles. The van der Waals surface area contributed by atoms with Gasteiger partial charge in [0.05, 0.1) is 6.61 Å². The normalized spacial score (nSPS) is 41.1. The quantitative estimate of drug-likeness (QED) is 0.867. The van der Waals surface area contributed by atoms with Gasteiger partial charge in [-0.1, -0.05) is 30.0 Å². The third-order valence-corrected chi connectivity index (χ3v) is 4.65. The zero-order valence-corrected chi connectivity index (χ0v) is 11.9. The van der Waals surface area contributed by atoms with Gasteiger partial charge in [-0.15, -0.1) is 0 Å².